The van der Waals surface area contributed by atoms with Gasteiger partial charge in [0, 0.05) is 18.2 Å². The lowest BCUT2D eigenvalue weighted by atomic mass is 9.94. The van der Waals surface area contributed by atoms with Crippen molar-refractivity contribution < 1.29 is 14.3 Å². The summed E-state index contributed by atoms with van der Waals surface area (Å²) in [6.45, 7) is 6.00. The number of allylic oxidation sites excluding steroid dienone is 1. The van der Waals surface area contributed by atoms with Crippen molar-refractivity contribution in [2.75, 3.05) is 14.2 Å². The standard InChI is InChI=1S/C22H28N2O3/c1-5-9-18-12-16(13-19(26-3)21(18)27-4)14-24-22(25)15(2)20(23)17-10-7-6-8-11-17/h5-8,10-13,15,20H,1,9,14,23H2,2-4H3,(H,24,25). The molecule has 0 aliphatic heterocycles. The van der Waals surface area contributed by atoms with E-state index in [1.807, 2.05) is 49.4 Å². The second-order valence-corrected chi connectivity index (χ2v) is 6.43. The number of rotatable bonds is 9. The van der Waals surface area contributed by atoms with Gasteiger partial charge in [0.1, 0.15) is 0 Å². The van der Waals surface area contributed by atoms with Crippen LogP contribution in [0.3, 0.4) is 0 Å². The molecule has 0 bridgehead atoms. The summed E-state index contributed by atoms with van der Waals surface area (Å²) >= 11 is 0. The molecule has 0 spiro atoms. The first-order valence-corrected chi connectivity index (χ1v) is 8.94. The van der Waals surface area contributed by atoms with Crippen molar-refractivity contribution in [2.24, 2.45) is 11.7 Å². The maximum Gasteiger partial charge on any atom is 0.225 e. The van der Waals surface area contributed by atoms with E-state index in [4.69, 9.17) is 15.2 Å². The fourth-order valence-corrected chi connectivity index (χ4v) is 2.99. The summed E-state index contributed by atoms with van der Waals surface area (Å²) in [5, 5.41) is 2.97. The number of hydrogen-bond acceptors (Lipinski definition) is 4. The average Bonchev–Trinajstić information content (AvgIpc) is 2.71. The topological polar surface area (TPSA) is 73.6 Å². The first kappa shape index (κ1) is 20.5. The Morgan fingerprint density at radius 3 is 2.52 bits per heavy atom. The largest absolute Gasteiger partial charge is 0.493 e. The highest BCUT2D eigenvalue weighted by Gasteiger charge is 2.22. The molecule has 0 radical (unpaired) electrons. The fraction of sp³-hybridized carbons (Fsp3) is 0.318. The van der Waals surface area contributed by atoms with E-state index in [0.29, 0.717) is 24.5 Å². The Labute approximate surface area is 161 Å². The first-order valence-electron chi connectivity index (χ1n) is 8.94. The van der Waals surface area contributed by atoms with E-state index in [0.717, 1.165) is 16.7 Å². The minimum atomic E-state index is -0.354. The van der Waals surface area contributed by atoms with E-state index >= 15 is 0 Å². The van der Waals surface area contributed by atoms with Crippen molar-refractivity contribution in [1.82, 2.24) is 5.32 Å². The quantitative estimate of drug-likeness (QED) is 0.666. The van der Waals surface area contributed by atoms with Crippen molar-refractivity contribution in [2.45, 2.75) is 25.9 Å². The van der Waals surface area contributed by atoms with Crippen molar-refractivity contribution >= 4 is 5.91 Å². The van der Waals surface area contributed by atoms with Crippen LogP contribution < -0.4 is 20.5 Å². The number of amides is 1. The predicted molar refractivity (Wildman–Crippen MR) is 108 cm³/mol. The average molecular weight is 368 g/mol. The first-order chi connectivity index (χ1) is 13.0. The third-order valence-corrected chi connectivity index (χ3v) is 4.58. The molecule has 5 heteroatoms. The molecule has 0 heterocycles. The van der Waals surface area contributed by atoms with E-state index in [1.54, 1.807) is 20.3 Å². The molecule has 5 nitrogen and oxygen atoms in total. The number of ether oxygens (including phenoxy) is 2. The van der Waals surface area contributed by atoms with Gasteiger partial charge in [-0.15, -0.1) is 6.58 Å². The lowest BCUT2D eigenvalue weighted by Crippen LogP contribution is -2.35. The van der Waals surface area contributed by atoms with Gasteiger partial charge in [-0.25, -0.2) is 0 Å². The van der Waals surface area contributed by atoms with Crippen LogP contribution in [0.15, 0.2) is 55.1 Å². The second kappa shape index (κ2) is 9.78. The van der Waals surface area contributed by atoms with E-state index < -0.39 is 0 Å². The van der Waals surface area contributed by atoms with Crippen molar-refractivity contribution in [3.63, 3.8) is 0 Å². The Morgan fingerprint density at radius 1 is 1.22 bits per heavy atom. The minimum Gasteiger partial charge on any atom is -0.493 e. The van der Waals surface area contributed by atoms with Gasteiger partial charge in [-0.1, -0.05) is 43.3 Å². The summed E-state index contributed by atoms with van der Waals surface area (Å²) < 4.78 is 10.9. The zero-order valence-electron chi connectivity index (χ0n) is 16.2. The second-order valence-electron chi connectivity index (χ2n) is 6.43. The Kier molecular flexibility index (Phi) is 7.44. The number of benzene rings is 2. The van der Waals surface area contributed by atoms with E-state index in [2.05, 4.69) is 11.9 Å². The van der Waals surface area contributed by atoms with Crippen LogP contribution in [0.4, 0.5) is 0 Å². The van der Waals surface area contributed by atoms with Crippen LogP contribution in [0.2, 0.25) is 0 Å². The summed E-state index contributed by atoms with van der Waals surface area (Å²) in [4.78, 5) is 12.6. The monoisotopic (exact) mass is 368 g/mol. The van der Waals surface area contributed by atoms with Gasteiger partial charge in [-0.3, -0.25) is 4.79 Å². The molecule has 2 atom stereocenters. The molecule has 27 heavy (non-hydrogen) atoms. The Morgan fingerprint density at radius 2 is 1.93 bits per heavy atom. The van der Waals surface area contributed by atoms with Crippen LogP contribution in [0, 0.1) is 5.92 Å². The molecule has 144 valence electrons. The SMILES string of the molecule is C=CCc1cc(CNC(=O)C(C)C(N)c2ccccc2)cc(OC)c1OC. The number of nitrogens with one attached hydrogen (secondary N) is 1. The summed E-state index contributed by atoms with van der Waals surface area (Å²) in [7, 11) is 3.21. The molecule has 1 amide bonds. The molecule has 0 aliphatic rings. The maximum atomic E-state index is 12.6. The summed E-state index contributed by atoms with van der Waals surface area (Å²) in [5.74, 6) is 0.883. The maximum absolute atomic E-state index is 12.6. The van der Waals surface area contributed by atoms with Crippen LogP contribution in [0.25, 0.3) is 0 Å². The van der Waals surface area contributed by atoms with Crippen LogP contribution in [0.5, 0.6) is 11.5 Å². The Balaban J connectivity index is 2.09. The third kappa shape index (κ3) is 5.11. The smallest absolute Gasteiger partial charge is 0.225 e. The zero-order chi connectivity index (χ0) is 19.8. The molecular weight excluding hydrogens is 340 g/mol. The number of nitrogens with two attached hydrogens (primary N) is 1. The van der Waals surface area contributed by atoms with Crippen LogP contribution in [0.1, 0.15) is 29.7 Å². The molecule has 2 rings (SSSR count). The Bertz CT molecular complexity index is 775. The molecule has 0 saturated heterocycles. The van der Waals surface area contributed by atoms with E-state index in [9.17, 15) is 4.79 Å². The van der Waals surface area contributed by atoms with Gasteiger partial charge in [0.2, 0.25) is 5.91 Å². The highest BCUT2D eigenvalue weighted by Crippen LogP contribution is 2.33. The minimum absolute atomic E-state index is 0.0913. The fourth-order valence-electron chi connectivity index (χ4n) is 2.99. The van der Waals surface area contributed by atoms with Gasteiger partial charge < -0.3 is 20.5 Å². The van der Waals surface area contributed by atoms with Crippen molar-refractivity contribution in [3.05, 3.63) is 71.8 Å². The van der Waals surface area contributed by atoms with E-state index in [-0.39, 0.29) is 17.9 Å². The van der Waals surface area contributed by atoms with Crippen LogP contribution in [-0.2, 0) is 17.8 Å². The third-order valence-electron chi connectivity index (χ3n) is 4.58. The summed E-state index contributed by atoms with van der Waals surface area (Å²) in [6, 6.07) is 13.1. The van der Waals surface area contributed by atoms with Gasteiger partial charge in [0.25, 0.3) is 0 Å². The lowest BCUT2D eigenvalue weighted by Gasteiger charge is -2.20. The Hall–Kier alpha value is -2.79. The van der Waals surface area contributed by atoms with Gasteiger partial charge in [-0.05, 0) is 29.7 Å². The van der Waals surface area contributed by atoms with Gasteiger partial charge >= 0.3 is 0 Å². The number of hydrogen-bond donors (Lipinski definition) is 2. The highest BCUT2D eigenvalue weighted by molar-refractivity contribution is 5.79. The van der Waals surface area contributed by atoms with E-state index in [1.165, 1.54) is 0 Å². The number of carbonyl (C=O) groups is 1. The van der Waals surface area contributed by atoms with Crippen molar-refractivity contribution in [3.8, 4) is 11.5 Å². The van der Waals surface area contributed by atoms with Gasteiger partial charge in [0.15, 0.2) is 11.5 Å². The van der Waals surface area contributed by atoms with Crippen LogP contribution in [-0.4, -0.2) is 20.1 Å². The summed E-state index contributed by atoms with van der Waals surface area (Å²) in [5.41, 5.74) is 9.08. The molecule has 0 saturated carbocycles. The normalized spacial score (nSPS) is 12.7. The van der Waals surface area contributed by atoms with Gasteiger partial charge in [0.05, 0.1) is 20.1 Å². The van der Waals surface area contributed by atoms with Crippen molar-refractivity contribution in [1.29, 1.82) is 0 Å². The molecule has 3 N–H and O–H groups in total. The molecule has 0 fully saturated rings. The zero-order valence-corrected chi connectivity index (χ0v) is 16.2. The molecule has 2 unspecified atom stereocenters. The number of methoxy groups -OCH3 is 2. The molecule has 0 aromatic heterocycles. The summed E-state index contributed by atoms with van der Waals surface area (Å²) in [6.07, 6.45) is 2.46. The van der Waals surface area contributed by atoms with Gasteiger partial charge in [-0.2, -0.15) is 0 Å². The molecule has 2 aromatic rings. The predicted octanol–water partition coefficient (Wildman–Crippen LogP) is 3.38. The highest BCUT2D eigenvalue weighted by atomic mass is 16.5. The van der Waals surface area contributed by atoms with Crippen LogP contribution >= 0.6 is 0 Å². The molecule has 0 aliphatic carbocycles. The molecular formula is C22H28N2O3. The number of carbonyl (C=O) groups excluding carboxylic acids is 1. The molecule has 2 aromatic carbocycles. The lowest BCUT2D eigenvalue weighted by molar-refractivity contribution is -0.125.